The van der Waals surface area contributed by atoms with Crippen LogP contribution in [0.5, 0.6) is 0 Å². The summed E-state index contributed by atoms with van der Waals surface area (Å²) in [5.41, 5.74) is 3.29. The van der Waals surface area contributed by atoms with Crippen molar-refractivity contribution in [3.63, 3.8) is 0 Å². The Balaban J connectivity index is 1.53. The third-order valence-electron chi connectivity index (χ3n) is 5.26. The molecule has 4 aromatic rings. The highest BCUT2D eigenvalue weighted by Crippen LogP contribution is 2.21. The predicted molar refractivity (Wildman–Crippen MR) is 127 cm³/mol. The zero-order valence-corrected chi connectivity index (χ0v) is 19.3. The number of aryl methyl sites for hydroxylation is 1. The highest BCUT2D eigenvalue weighted by atomic mass is 16.6. The first kappa shape index (κ1) is 23.4. The lowest BCUT2D eigenvalue weighted by Gasteiger charge is -2.10. The van der Waals surface area contributed by atoms with E-state index in [0.29, 0.717) is 39.7 Å². The van der Waals surface area contributed by atoms with Gasteiger partial charge in [0.05, 0.1) is 40.5 Å². The minimum atomic E-state index is -0.479. The van der Waals surface area contributed by atoms with Gasteiger partial charge in [-0.05, 0) is 57.2 Å². The van der Waals surface area contributed by atoms with Gasteiger partial charge in [-0.2, -0.15) is 10.2 Å². The number of anilines is 1. The van der Waals surface area contributed by atoms with Crippen molar-refractivity contribution in [2.24, 2.45) is 0 Å². The van der Waals surface area contributed by atoms with Crippen LogP contribution < -0.4 is 5.32 Å². The second-order valence-electron chi connectivity index (χ2n) is 7.63. The number of non-ortho nitro benzene ring substituents is 1. The second kappa shape index (κ2) is 9.59. The second-order valence-corrected chi connectivity index (χ2v) is 7.63. The number of esters is 1. The molecular weight excluding hydrogens is 452 g/mol. The number of amides is 1. The van der Waals surface area contributed by atoms with E-state index in [9.17, 15) is 19.7 Å². The number of nitro benzene ring substituents is 1. The average Bonchev–Trinajstić information content (AvgIpc) is 3.41. The molecule has 2 aromatic heterocycles. The van der Waals surface area contributed by atoms with Gasteiger partial charge in [0.2, 0.25) is 0 Å². The van der Waals surface area contributed by atoms with Gasteiger partial charge in [-0.25, -0.2) is 14.2 Å². The van der Waals surface area contributed by atoms with Crippen molar-refractivity contribution >= 4 is 23.4 Å². The Morgan fingerprint density at radius 3 is 2.29 bits per heavy atom. The number of hydrogen-bond acceptors (Lipinski definition) is 7. The van der Waals surface area contributed by atoms with Crippen LogP contribution in [0.25, 0.3) is 11.4 Å². The van der Waals surface area contributed by atoms with E-state index in [0.717, 1.165) is 0 Å². The summed E-state index contributed by atoms with van der Waals surface area (Å²) in [5, 5.41) is 22.4. The Morgan fingerprint density at radius 2 is 1.66 bits per heavy atom. The molecule has 11 nitrogen and oxygen atoms in total. The minimum absolute atomic E-state index is 0.0369. The number of hydrogen-bond donors (Lipinski definition) is 1. The number of benzene rings is 2. The lowest BCUT2D eigenvalue weighted by Crippen LogP contribution is -2.15. The highest BCUT2D eigenvalue weighted by Gasteiger charge is 2.17. The fourth-order valence-electron chi connectivity index (χ4n) is 3.52. The highest BCUT2D eigenvalue weighted by molar-refractivity contribution is 6.04. The Bertz CT molecular complexity index is 1400. The number of aromatic nitrogens is 4. The molecule has 0 aliphatic heterocycles. The van der Waals surface area contributed by atoms with Gasteiger partial charge in [0, 0.05) is 23.8 Å². The van der Waals surface area contributed by atoms with E-state index >= 15 is 0 Å². The number of nitrogens with zero attached hydrogens (tertiary/aromatic N) is 5. The molecule has 0 radical (unpaired) electrons. The van der Waals surface area contributed by atoms with Crippen LogP contribution in [-0.4, -0.2) is 43.0 Å². The molecule has 0 atom stereocenters. The molecule has 0 unspecified atom stereocenters. The van der Waals surface area contributed by atoms with E-state index in [4.69, 9.17) is 4.74 Å². The van der Waals surface area contributed by atoms with Crippen molar-refractivity contribution in [2.75, 3.05) is 11.9 Å². The smallest absolute Gasteiger partial charge is 0.341 e. The average molecular weight is 474 g/mol. The monoisotopic (exact) mass is 474 g/mol. The molecule has 35 heavy (non-hydrogen) atoms. The van der Waals surface area contributed by atoms with E-state index < -0.39 is 10.9 Å². The summed E-state index contributed by atoms with van der Waals surface area (Å²) in [7, 11) is 0. The summed E-state index contributed by atoms with van der Waals surface area (Å²) in [6.45, 7) is 5.56. The van der Waals surface area contributed by atoms with E-state index in [1.807, 2.05) is 0 Å². The van der Waals surface area contributed by atoms with Crippen LogP contribution in [0, 0.1) is 24.0 Å². The largest absolute Gasteiger partial charge is 0.462 e. The van der Waals surface area contributed by atoms with Gasteiger partial charge in [-0.15, -0.1) is 0 Å². The molecule has 178 valence electrons. The number of nitrogens with one attached hydrogen (secondary N) is 1. The fourth-order valence-corrected chi connectivity index (χ4v) is 3.52. The summed E-state index contributed by atoms with van der Waals surface area (Å²) < 4.78 is 8.15. The van der Waals surface area contributed by atoms with Crippen LogP contribution in [0.4, 0.5) is 11.5 Å². The van der Waals surface area contributed by atoms with Gasteiger partial charge in [0.1, 0.15) is 11.4 Å². The third kappa shape index (κ3) is 4.78. The molecule has 11 heteroatoms. The molecule has 0 aliphatic rings. The maximum absolute atomic E-state index is 12.9. The Hall–Kier alpha value is -4.80. The normalized spacial score (nSPS) is 10.7. The molecule has 0 spiro atoms. The summed E-state index contributed by atoms with van der Waals surface area (Å²) >= 11 is 0. The van der Waals surface area contributed by atoms with Gasteiger partial charge in [0.25, 0.3) is 11.6 Å². The maximum atomic E-state index is 12.9. The van der Waals surface area contributed by atoms with Crippen LogP contribution in [0.15, 0.2) is 60.8 Å². The van der Waals surface area contributed by atoms with Crippen molar-refractivity contribution in [3.8, 4) is 11.4 Å². The number of rotatable bonds is 7. The Labute approximate surface area is 200 Å². The van der Waals surface area contributed by atoms with Crippen molar-refractivity contribution in [2.45, 2.75) is 20.8 Å². The third-order valence-corrected chi connectivity index (χ3v) is 5.26. The number of ether oxygens (including phenoxy) is 1. The fraction of sp³-hybridized carbons (Fsp3) is 0.167. The van der Waals surface area contributed by atoms with Crippen LogP contribution >= 0.6 is 0 Å². The van der Waals surface area contributed by atoms with Crippen LogP contribution in [0.3, 0.4) is 0 Å². The zero-order valence-electron chi connectivity index (χ0n) is 19.3. The predicted octanol–water partition coefficient (Wildman–Crippen LogP) is 4.01. The molecule has 0 aliphatic carbocycles. The van der Waals surface area contributed by atoms with E-state index in [-0.39, 0.29) is 18.2 Å². The van der Waals surface area contributed by atoms with Crippen molar-refractivity contribution < 1.29 is 19.2 Å². The van der Waals surface area contributed by atoms with Crippen LogP contribution in [0.2, 0.25) is 0 Å². The SMILES string of the molecule is CCOC(=O)c1cnn(-c2ccc(C(=O)Nc3cc(C)nn3-c3ccc([N+](=O)[O-])cc3)cc2)c1C. The first-order valence-corrected chi connectivity index (χ1v) is 10.7. The van der Waals surface area contributed by atoms with Crippen molar-refractivity contribution in [1.29, 1.82) is 0 Å². The first-order chi connectivity index (χ1) is 16.8. The van der Waals surface area contributed by atoms with Gasteiger partial charge in [-0.3, -0.25) is 14.9 Å². The summed E-state index contributed by atoms with van der Waals surface area (Å²) in [6.07, 6.45) is 1.45. The van der Waals surface area contributed by atoms with Gasteiger partial charge in [-0.1, -0.05) is 0 Å². The number of nitro groups is 1. The van der Waals surface area contributed by atoms with Crippen LogP contribution in [0.1, 0.15) is 39.0 Å². The Morgan fingerprint density at radius 1 is 1.03 bits per heavy atom. The maximum Gasteiger partial charge on any atom is 0.341 e. The van der Waals surface area contributed by atoms with E-state index in [2.05, 4.69) is 15.5 Å². The molecule has 2 aromatic carbocycles. The molecule has 4 rings (SSSR count). The van der Waals surface area contributed by atoms with Crippen molar-refractivity contribution in [3.05, 3.63) is 93.4 Å². The lowest BCUT2D eigenvalue weighted by molar-refractivity contribution is -0.384. The lowest BCUT2D eigenvalue weighted by atomic mass is 10.2. The van der Waals surface area contributed by atoms with Gasteiger partial charge >= 0.3 is 5.97 Å². The summed E-state index contributed by atoms with van der Waals surface area (Å²) in [6, 6.07) is 14.3. The molecule has 0 saturated carbocycles. The molecule has 1 amide bonds. The molecule has 1 N–H and O–H groups in total. The van der Waals surface area contributed by atoms with E-state index in [1.165, 1.54) is 23.0 Å². The molecule has 0 fully saturated rings. The summed E-state index contributed by atoms with van der Waals surface area (Å²) in [4.78, 5) is 35.4. The minimum Gasteiger partial charge on any atom is -0.462 e. The molecule has 2 heterocycles. The van der Waals surface area contributed by atoms with E-state index in [1.54, 1.807) is 67.9 Å². The zero-order chi connectivity index (χ0) is 25.1. The van der Waals surface area contributed by atoms with Crippen molar-refractivity contribution in [1.82, 2.24) is 19.6 Å². The quantitative estimate of drug-likeness (QED) is 0.243. The number of carbonyl (C=O) groups is 2. The first-order valence-electron chi connectivity index (χ1n) is 10.7. The molecule has 0 saturated heterocycles. The summed E-state index contributed by atoms with van der Waals surface area (Å²) in [5.74, 6) is -0.372. The van der Waals surface area contributed by atoms with Gasteiger partial charge < -0.3 is 10.1 Å². The topological polar surface area (TPSA) is 134 Å². The van der Waals surface area contributed by atoms with Gasteiger partial charge in [0.15, 0.2) is 0 Å². The molecule has 0 bridgehead atoms. The standard InChI is InChI=1S/C24H22N6O5/c1-4-35-24(32)21-14-25-28(16(21)3)18-7-5-17(6-8-18)23(31)26-22-13-15(2)27-29(22)19-9-11-20(12-10-19)30(33)34/h5-14H,4H2,1-3H3,(H,26,31). The molecular formula is C24H22N6O5. The Kier molecular flexibility index (Phi) is 6.40. The number of carbonyl (C=O) groups excluding carboxylic acids is 2. The van der Waals surface area contributed by atoms with Crippen LogP contribution in [-0.2, 0) is 4.74 Å².